The van der Waals surface area contributed by atoms with Crippen molar-refractivity contribution < 1.29 is 9.53 Å². The highest BCUT2D eigenvalue weighted by atomic mass is 16.5. The lowest BCUT2D eigenvalue weighted by atomic mass is 10.1. The van der Waals surface area contributed by atoms with E-state index >= 15 is 0 Å². The molecule has 5 heteroatoms. The maximum atomic E-state index is 12.1. The number of ether oxygens (including phenoxy) is 1. The molecule has 0 aliphatic heterocycles. The summed E-state index contributed by atoms with van der Waals surface area (Å²) in [5.74, 6) is 0.297. The first-order valence-electron chi connectivity index (χ1n) is 8.28. The molecule has 130 valence electrons. The second-order valence-electron chi connectivity index (χ2n) is 5.64. The standard InChI is InChI=1S/C21H19N3O2/c1-16(21(25)24-23-15-19-9-5-6-14-22-19)26-20-12-10-18(11-13-20)17-7-3-2-4-8-17/h2-16H,1H3,(H,24,25)/b23-15+. The van der Waals surface area contributed by atoms with Crippen LogP contribution < -0.4 is 10.2 Å². The number of nitrogens with zero attached hydrogens (tertiary/aromatic N) is 2. The van der Waals surface area contributed by atoms with Crippen molar-refractivity contribution in [3.8, 4) is 16.9 Å². The summed E-state index contributed by atoms with van der Waals surface area (Å²) in [6.07, 6.45) is 2.48. The Bertz CT molecular complexity index is 863. The normalized spacial score (nSPS) is 11.9. The molecule has 1 amide bonds. The third kappa shape index (κ3) is 4.77. The van der Waals surface area contributed by atoms with E-state index in [1.54, 1.807) is 19.2 Å². The van der Waals surface area contributed by atoms with E-state index in [0.29, 0.717) is 11.4 Å². The maximum Gasteiger partial charge on any atom is 0.280 e. The van der Waals surface area contributed by atoms with Crippen molar-refractivity contribution in [2.75, 3.05) is 0 Å². The molecule has 3 rings (SSSR count). The summed E-state index contributed by atoms with van der Waals surface area (Å²) in [5, 5.41) is 3.89. The van der Waals surface area contributed by atoms with Crippen LogP contribution in [0.15, 0.2) is 84.1 Å². The number of benzene rings is 2. The van der Waals surface area contributed by atoms with Gasteiger partial charge >= 0.3 is 0 Å². The number of hydrazone groups is 1. The second-order valence-corrected chi connectivity index (χ2v) is 5.64. The third-order valence-corrected chi connectivity index (χ3v) is 3.70. The quantitative estimate of drug-likeness (QED) is 0.548. The highest BCUT2D eigenvalue weighted by molar-refractivity contribution is 5.83. The van der Waals surface area contributed by atoms with E-state index in [9.17, 15) is 4.79 Å². The minimum atomic E-state index is -0.668. The van der Waals surface area contributed by atoms with Crippen LogP contribution in [-0.4, -0.2) is 23.2 Å². The lowest BCUT2D eigenvalue weighted by Gasteiger charge is -2.13. The average molecular weight is 345 g/mol. The van der Waals surface area contributed by atoms with Gasteiger partial charge in [0.2, 0.25) is 0 Å². The van der Waals surface area contributed by atoms with Crippen molar-refractivity contribution in [1.29, 1.82) is 0 Å². The summed E-state index contributed by atoms with van der Waals surface area (Å²) in [5.41, 5.74) is 5.34. The molecule has 0 saturated heterocycles. The Hall–Kier alpha value is -3.47. The number of carbonyl (C=O) groups excluding carboxylic acids is 1. The van der Waals surface area contributed by atoms with E-state index in [4.69, 9.17) is 4.74 Å². The van der Waals surface area contributed by atoms with Crippen LogP contribution in [0.3, 0.4) is 0 Å². The molecule has 26 heavy (non-hydrogen) atoms. The average Bonchev–Trinajstić information content (AvgIpc) is 2.70. The summed E-state index contributed by atoms with van der Waals surface area (Å²) in [6, 6.07) is 23.2. The number of aromatic nitrogens is 1. The van der Waals surface area contributed by atoms with Crippen LogP contribution in [0, 0.1) is 0 Å². The number of amides is 1. The molecule has 1 unspecified atom stereocenters. The number of pyridine rings is 1. The van der Waals surface area contributed by atoms with Crippen LogP contribution in [0.4, 0.5) is 0 Å². The van der Waals surface area contributed by atoms with Crippen LogP contribution in [0.1, 0.15) is 12.6 Å². The molecule has 1 atom stereocenters. The van der Waals surface area contributed by atoms with Crippen LogP contribution in [-0.2, 0) is 4.79 Å². The van der Waals surface area contributed by atoms with Gasteiger partial charge in [0.05, 0.1) is 11.9 Å². The second kappa shape index (κ2) is 8.58. The molecule has 0 bridgehead atoms. The molecule has 0 aliphatic carbocycles. The monoisotopic (exact) mass is 345 g/mol. The number of nitrogens with one attached hydrogen (secondary N) is 1. The highest BCUT2D eigenvalue weighted by Gasteiger charge is 2.13. The Morgan fingerprint density at radius 1 is 1.00 bits per heavy atom. The predicted octanol–water partition coefficient (Wildman–Crippen LogP) is 3.67. The topological polar surface area (TPSA) is 63.6 Å². The molecule has 0 spiro atoms. The van der Waals surface area contributed by atoms with Gasteiger partial charge < -0.3 is 4.74 Å². The van der Waals surface area contributed by atoms with E-state index < -0.39 is 6.10 Å². The Kier molecular flexibility index (Phi) is 5.72. The van der Waals surface area contributed by atoms with Gasteiger partial charge in [0, 0.05) is 6.20 Å². The largest absolute Gasteiger partial charge is 0.481 e. The molecule has 5 nitrogen and oxygen atoms in total. The van der Waals surface area contributed by atoms with Gasteiger partial charge in [0.1, 0.15) is 5.75 Å². The van der Waals surface area contributed by atoms with Crippen LogP contribution in [0.25, 0.3) is 11.1 Å². The van der Waals surface area contributed by atoms with Gasteiger partial charge in [-0.15, -0.1) is 0 Å². The predicted molar refractivity (Wildman–Crippen MR) is 102 cm³/mol. The first-order chi connectivity index (χ1) is 12.7. The maximum absolute atomic E-state index is 12.1. The molecule has 1 N–H and O–H groups in total. The fourth-order valence-electron chi connectivity index (χ4n) is 2.32. The molecule has 0 aliphatic rings. The van der Waals surface area contributed by atoms with E-state index in [2.05, 4.69) is 15.5 Å². The Morgan fingerprint density at radius 2 is 1.69 bits per heavy atom. The Morgan fingerprint density at radius 3 is 2.38 bits per heavy atom. The Labute approximate surface area is 152 Å². The van der Waals surface area contributed by atoms with Gasteiger partial charge in [-0.25, -0.2) is 5.43 Å². The fourth-order valence-corrected chi connectivity index (χ4v) is 2.32. The number of carbonyl (C=O) groups is 1. The van der Waals surface area contributed by atoms with Crippen LogP contribution in [0.2, 0.25) is 0 Å². The van der Waals surface area contributed by atoms with E-state index in [1.807, 2.05) is 66.7 Å². The van der Waals surface area contributed by atoms with Crippen LogP contribution in [0.5, 0.6) is 5.75 Å². The van der Waals surface area contributed by atoms with Crippen molar-refractivity contribution in [3.63, 3.8) is 0 Å². The van der Waals surface area contributed by atoms with Crippen molar-refractivity contribution in [2.24, 2.45) is 5.10 Å². The molecule has 1 heterocycles. The molecule has 0 radical (unpaired) electrons. The van der Waals surface area contributed by atoms with Gasteiger partial charge in [-0.05, 0) is 42.3 Å². The van der Waals surface area contributed by atoms with Crippen LogP contribution >= 0.6 is 0 Å². The van der Waals surface area contributed by atoms with Crippen molar-refractivity contribution in [3.05, 3.63) is 84.7 Å². The number of rotatable bonds is 6. The summed E-state index contributed by atoms with van der Waals surface area (Å²) in [4.78, 5) is 16.1. The summed E-state index contributed by atoms with van der Waals surface area (Å²) >= 11 is 0. The molecule has 2 aromatic carbocycles. The van der Waals surface area contributed by atoms with Gasteiger partial charge in [-0.1, -0.05) is 48.5 Å². The van der Waals surface area contributed by atoms with Gasteiger partial charge in [0.15, 0.2) is 6.10 Å². The molecular weight excluding hydrogens is 326 g/mol. The van der Waals surface area contributed by atoms with E-state index in [0.717, 1.165) is 11.1 Å². The number of hydrogen-bond donors (Lipinski definition) is 1. The minimum absolute atomic E-state index is 0.329. The SMILES string of the molecule is CC(Oc1ccc(-c2ccccc2)cc1)C(=O)N/N=C/c1ccccn1. The van der Waals surface area contributed by atoms with Crippen molar-refractivity contribution in [1.82, 2.24) is 10.4 Å². The zero-order valence-electron chi connectivity index (χ0n) is 14.4. The molecule has 0 saturated carbocycles. The summed E-state index contributed by atoms with van der Waals surface area (Å²) in [7, 11) is 0. The third-order valence-electron chi connectivity index (χ3n) is 3.70. The summed E-state index contributed by atoms with van der Waals surface area (Å²) < 4.78 is 5.67. The Balaban J connectivity index is 1.54. The molecular formula is C21H19N3O2. The van der Waals surface area contributed by atoms with Gasteiger partial charge in [0.25, 0.3) is 5.91 Å². The van der Waals surface area contributed by atoms with E-state index in [-0.39, 0.29) is 5.91 Å². The van der Waals surface area contributed by atoms with Gasteiger partial charge in [-0.3, -0.25) is 9.78 Å². The highest BCUT2D eigenvalue weighted by Crippen LogP contribution is 2.22. The van der Waals surface area contributed by atoms with Crippen molar-refractivity contribution >= 4 is 12.1 Å². The number of hydrogen-bond acceptors (Lipinski definition) is 4. The lowest BCUT2D eigenvalue weighted by Crippen LogP contribution is -2.33. The first kappa shape index (κ1) is 17.4. The van der Waals surface area contributed by atoms with E-state index in [1.165, 1.54) is 6.21 Å². The summed E-state index contributed by atoms with van der Waals surface area (Å²) in [6.45, 7) is 1.68. The smallest absolute Gasteiger partial charge is 0.280 e. The minimum Gasteiger partial charge on any atom is -0.481 e. The lowest BCUT2D eigenvalue weighted by molar-refractivity contribution is -0.127. The zero-order chi connectivity index (χ0) is 18.2. The van der Waals surface area contributed by atoms with Gasteiger partial charge in [-0.2, -0.15) is 5.10 Å². The molecule has 0 fully saturated rings. The first-order valence-corrected chi connectivity index (χ1v) is 8.28. The zero-order valence-corrected chi connectivity index (χ0v) is 14.4. The fraction of sp³-hybridized carbons (Fsp3) is 0.0952. The molecule has 3 aromatic rings. The van der Waals surface area contributed by atoms with Crippen molar-refractivity contribution in [2.45, 2.75) is 13.0 Å². The molecule has 1 aromatic heterocycles.